The van der Waals surface area contributed by atoms with Gasteiger partial charge in [0.15, 0.2) is 13.1 Å². The normalized spacial score (nSPS) is 14.6. The van der Waals surface area contributed by atoms with Crippen LogP contribution in [0.3, 0.4) is 0 Å². The number of hydrogen-bond donors (Lipinski definition) is 2. The number of carbonyl (C=O) groups is 2. The van der Waals surface area contributed by atoms with Crippen LogP contribution in [0.25, 0.3) is 0 Å². The van der Waals surface area contributed by atoms with Crippen LogP contribution in [0.5, 0.6) is 0 Å². The van der Waals surface area contributed by atoms with Crippen LogP contribution >= 0.6 is 0 Å². The Morgan fingerprint density at radius 1 is 1.15 bits per heavy atom. The molecule has 0 spiro atoms. The Bertz CT molecular complexity index is 701. The van der Waals surface area contributed by atoms with Gasteiger partial charge in [0.25, 0.3) is 11.8 Å². The van der Waals surface area contributed by atoms with Crippen LogP contribution in [-0.4, -0.2) is 43.4 Å². The maximum Gasteiger partial charge on any atom is 0.281 e. The van der Waals surface area contributed by atoms with E-state index < -0.39 is 0 Å². The van der Waals surface area contributed by atoms with Gasteiger partial charge < -0.3 is 15.1 Å². The number of anilines is 1. The second kappa shape index (κ2) is 9.70. The highest BCUT2D eigenvalue weighted by molar-refractivity contribution is 5.93. The number of quaternary nitrogens is 1. The van der Waals surface area contributed by atoms with Gasteiger partial charge in [0.2, 0.25) is 0 Å². The molecule has 0 saturated carbocycles. The van der Waals surface area contributed by atoms with E-state index in [2.05, 4.69) is 37.4 Å². The molecule has 1 unspecified atom stereocenters. The van der Waals surface area contributed by atoms with Crippen LogP contribution in [0.2, 0.25) is 0 Å². The van der Waals surface area contributed by atoms with Crippen molar-refractivity contribution >= 4 is 17.5 Å². The number of carbonyl (C=O) groups excluding carboxylic acids is 2. The fourth-order valence-electron chi connectivity index (χ4n) is 3.80. The van der Waals surface area contributed by atoms with E-state index in [-0.39, 0.29) is 18.4 Å². The molecule has 0 bridgehead atoms. The van der Waals surface area contributed by atoms with Gasteiger partial charge in [-0.3, -0.25) is 9.59 Å². The van der Waals surface area contributed by atoms with Gasteiger partial charge in [-0.2, -0.15) is 0 Å². The Balaban J connectivity index is 1.93. The fourth-order valence-corrected chi connectivity index (χ4v) is 3.80. The van der Waals surface area contributed by atoms with E-state index in [0.717, 1.165) is 59.6 Å². The molecule has 1 atom stereocenters. The molecule has 0 aliphatic heterocycles. The molecule has 2 rings (SSSR count). The minimum atomic E-state index is -0.0579. The van der Waals surface area contributed by atoms with Gasteiger partial charge in [0.1, 0.15) is 0 Å². The Hall–Kier alpha value is -2.14. The van der Waals surface area contributed by atoms with Crippen LogP contribution in [0.4, 0.5) is 5.69 Å². The highest BCUT2D eigenvalue weighted by atomic mass is 16.2. The predicted octanol–water partition coefficient (Wildman–Crippen LogP) is 2.37. The highest BCUT2D eigenvalue weighted by Crippen LogP contribution is 2.22. The molecule has 148 valence electrons. The van der Waals surface area contributed by atoms with Gasteiger partial charge >= 0.3 is 0 Å². The third kappa shape index (κ3) is 5.93. The molecule has 5 heteroatoms. The Morgan fingerprint density at radius 2 is 1.81 bits per heavy atom. The van der Waals surface area contributed by atoms with Crippen LogP contribution < -0.4 is 10.2 Å². The Labute approximate surface area is 163 Å². The van der Waals surface area contributed by atoms with E-state index in [4.69, 9.17) is 0 Å². The summed E-state index contributed by atoms with van der Waals surface area (Å²) in [5, 5.41) is 3.02. The zero-order valence-corrected chi connectivity index (χ0v) is 17.4. The maximum absolute atomic E-state index is 12.7. The van der Waals surface area contributed by atoms with Gasteiger partial charge in [0.05, 0.1) is 7.05 Å². The predicted molar refractivity (Wildman–Crippen MR) is 110 cm³/mol. The summed E-state index contributed by atoms with van der Waals surface area (Å²) in [5.41, 5.74) is 5.36. The molecule has 0 saturated heterocycles. The Kier molecular flexibility index (Phi) is 7.60. The van der Waals surface area contributed by atoms with Crippen molar-refractivity contribution in [2.45, 2.75) is 53.4 Å². The molecule has 1 aromatic carbocycles. The third-order valence-corrected chi connectivity index (χ3v) is 4.97. The minimum Gasteiger partial charge on any atom is -0.322 e. The quantitative estimate of drug-likeness (QED) is 0.736. The van der Waals surface area contributed by atoms with Gasteiger partial charge in [-0.05, 0) is 57.6 Å². The van der Waals surface area contributed by atoms with Crippen molar-refractivity contribution in [1.82, 2.24) is 4.90 Å². The topological polar surface area (TPSA) is 53.9 Å². The molecule has 0 aromatic heterocycles. The summed E-state index contributed by atoms with van der Waals surface area (Å²) >= 11 is 0. The summed E-state index contributed by atoms with van der Waals surface area (Å²) in [6.45, 7) is 9.52. The summed E-state index contributed by atoms with van der Waals surface area (Å²) in [6.07, 6.45) is 6.29. The molecule has 0 radical (unpaired) electrons. The molecule has 1 aromatic rings. The molecule has 0 heterocycles. The number of rotatable bonds is 8. The maximum atomic E-state index is 12.7. The van der Waals surface area contributed by atoms with Crippen LogP contribution in [0, 0.1) is 20.8 Å². The summed E-state index contributed by atoms with van der Waals surface area (Å²) in [4.78, 5) is 28.0. The van der Waals surface area contributed by atoms with E-state index in [1.165, 1.54) is 5.56 Å². The van der Waals surface area contributed by atoms with Crippen molar-refractivity contribution in [2.75, 3.05) is 32.0 Å². The lowest BCUT2D eigenvalue weighted by atomic mass is 10.1. The molecule has 0 fully saturated rings. The Morgan fingerprint density at radius 3 is 2.37 bits per heavy atom. The standard InChI is InChI=1S/C22H33N3O2/c1-6-11-25(19-9-7-8-10-19)21(27)15-24(5)14-20(26)23-22-17(3)12-16(2)13-18(22)4/h9,12-13H,6-8,10-11,14-15H2,1-5H3,(H,23,26)/p+1. The van der Waals surface area contributed by atoms with E-state index in [1.807, 2.05) is 25.8 Å². The fraction of sp³-hybridized carbons (Fsp3) is 0.545. The first-order valence-corrected chi connectivity index (χ1v) is 10.00. The number of likely N-dealkylation sites (N-methyl/N-ethyl adjacent to an activating group) is 1. The second-order valence-corrected chi connectivity index (χ2v) is 7.77. The summed E-state index contributed by atoms with van der Waals surface area (Å²) < 4.78 is 0. The summed E-state index contributed by atoms with van der Waals surface area (Å²) in [7, 11) is 1.90. The lowest BCUT2D eigenvalue weighted by Crippen LogP contribution is -3.11. The molecular weight excluding hydrogens is 338 g/mol. The molecule has 1 aliphatic rings. The van der Waals surface area contributed by atoms with Crippen molar-refractivity contribution in [1.29, 1.82) is 0 Å². The first-order valence-electron chi connectivity index (χ1n) is 10.00. The minimum absolute atomic E-state index is 0.0579. The zero-order valence-electron chi connectivity index (χ0n) is 17.4. The first-order chi connectivity index (χ1) is 12.8. The molecule has 2 N–H and O–H groups in total. The lowest BCUT2D eigenvalue weighted by Gasteiger charge is -2.25. The number of nitrogens with one attached hydrogen (secondary N) is 2. The smallest absolute Gasteiger partial charge is 0.281 e. The van der Waals surface area contributed by atoms with E-state index >= 15 is 0 Å². The molecule has 1 aliphatic carbocycles. The van der Waals surface area contributed by atoms with E-state index in [0.29, 0.717) is 6.54 Å². The van der Waals surface area contributed by atoms with E-state index in [1.54, 1.807) is 0 Å². The van der Waals surface area contributed by atoms with E-state index in [9.17, 15) is 9.59 Å². The van der Waals surface area contributed by atoms with Crippen LogP contribution in [0.1, 0.15) is 49.3 Å². The number of hydrogen-bond acceptors (Lipinski definition) is 2. The third-order valence-electron chi connectivity index (χ3n) is 4.97. The number of amides is 2. The number of allylic oxidation sites excluding steroid dienone is 2. The van der Waals surface area contributed by atoms with Crippen molar-refractivity contribution in [3.05, 3.63) is 40.6 Å². The van der Waals surface area contributed by atoms with Crippen molar-refractivity contribution in [2.24, 2.45) is 0 Å². The number of nitrogens with zero attached hydrogens (tertiary/aromatic N) is 1. The average Bonchev–Trinajstić information content (AvgIpc) is 3.09. The second-order valence-electron chi connectivity index (χ2n) is 7.77. The monoisotopic (exact) mass is 372 g/mol. The molecule has 27 heavy (non-hydrogen) atoms. The van der Waals surface area contributed by atoms with Crippen molar-refractivity contribution in [3.63, 3.8) is 0 Å². The van der Waals surface area contributed by atoms with Gasteiger partial charge in [-0.25, -0.2) is 0 Å². The molecule has 2 amide bonds. The number of benzene rings is 1. The molecular formula is C22H34N3O2+. The largest absolute Gasteiger partial charge is 0.322 e. The zero-order chi connectivity index (χ0) is 20.0. The van der Waals surface area contributed by atoms with Crippen LogP contribution in [-0.2, 0) is 9.59 Å². The summed E-state index contributed by atoms with van der Waals surface area (Å²) in [6, 6.07) is 4.14. The van der Waals surface area contributed by atoms with Gasteiger partial charge in [0, 0.05) is 17.9 Å². The molecule has 5 nitrogen and oxygen atoms in total. The van der Waals surface area contributed by atoms with Gasteiger partial charge in [-0.15, -0.1) is 0 Å². The summed E-state index contributed by atoms with van der Waals surface area (Å²) in [5.74, 6) is 0.0514. The van der Waals surface area contributed by atoms with Crippen LogP contribution in [0.15, 0.2) is 23.9 Å². The number of aryl methyl sites for hydroxylation is 3. The van der Waals surface area contributed by atoms with Gasteiger partial charge in [-0.1, -0.05) is 30.7 Å². The highest BCUT2D eigenvalue weighted by Gasteiger charge is 2.23. The van der Waals surface area contributed by atoms with Crippen molar-refractivity contribution < 1.29 is 14.5 Å². The first kappa shape index (κ1) is 21.2. The van der Waals surface area contributed by atoms with Crippen molar-refractivity contribution in [3.8, 4) is 0 Å². The SMILES string of the molecule is CCCN(C(=O)C[NH+](C)CC(=O)Nc1c(C)cc(C)cc1C)C1=CCCC1. The lowest BCUT2D eigenvalue weighted by molar-refractivity contribution is -0.862. The average molecular weight is 373 g/mol.